The Bertz CT molecular complexity index is 1080. The van der Waals surface area contributed by atoms with Gasteiger partial charge in [-0.25, -0.2) is 4.79 Å². The average molecular weight is 426 g/mol. The summed E-state index contributed by atoms with van der Waals surface area (Å²) in [6.07, 6.45) is -4.27. The molecule has 0 aliphatic carbocycles. The lowest BCUT2D eigenvalue weighted by molar-refractivity contribution is -0.275. The van der Waals surface area contributed by atoms with E-state index in [1.54, 1.807) is 12.1 Å². The molecule has 29 heavy (non-hydrogen) atoms. The van der Waals surface area contributed by atoms with Crippen molar-refractivity contribution in [3.05, 3.63) is 58.0 Å². The van der Waals surface area contributed by atoms with Crippen LogP contribution in [0.15, 0.2) is 46.1 Å². The maximum absolute atomic E-state index is 12.9. The van der Waals surface area contributed by atoms with Crippen molar-refractivity contribution < 1.29 is 22.6 Å². The summed E-state index contributed by atoms with van der Waals surface area (Å²) in [5.41, 5.74) is 0.298. The quantitative estimate of drug-likeness (QED) is 0.613. The molecule has 0 amide bonds. The van der Waals surface area contributed by atoms with Crippen LogP contribution in [0.5, 0.6) is 11.5 Å². The Kier molecular flexibility index (Phi) is 5.87. The standard InChI is InChI=1S/C18H17F3N4O3S/c1-3-11-9-12(29)7-8-15(11)27-10-13-14(25-17(26)24(2)22-23-25)5-4-6-16(13)28-18(19,20)21/h4-9,29H,3,10H2,1-2H3. The van der Waals surface area contributed by atoms with E-state index in [0.29, 0.717) is 12.2 Å². The number of thiol groups is 1. The Morgan fingerprint density at radius 3 is 2.52 bits per heavy atom. The van der Waals surface area contributed by atoms with Gasteiger partial charge in [0.1, 0.15) is 18.1 Å². The van der Waals surface area contributed by atoms with Crippen molar-refractivity contribution in [1.29, 1.82) is 0 Å². The van der Waals surface area contributed by atoms with Gasteiger partial charge in [-0.2, -0.15) is 9.36 Å². The lowest BCUT2D eigenvalue weighted by Gasteiger charge is -2.17. The third-order valence-corrected chi connectivity index (χ3v) is 4.36. The summed E-state index contributed by atoms with van der Waals surface area (Å²) in [7, 11) is 1.38. The third kappa shape index (κ3) is 4.73. The molecule has 3 rings (SSSR count). The molecule has 0 aliphatic heterocycles. The van der Waals surface area contributed by atoms with Crippen LogP contribution in [0.2, 0.25) is 0 Å². The number of aromatic nitrogens is 4. The van der Waals surface area contributed by atoms with Crippen LogP contribution >= 0.6 is 12.6 Å². The largest absolute Gasteiger partial charge is 0.573 e. The van der Waals surface area contributed by atoms with Crippen LogP contribution in [0.3, 0.4) is 0 Å². The third-order valence-electron chi connectivity index (χ3n) is 4.08. The minimum Gasteiger partial charge on any atom is -0.488 e. The predicted molar refractivity (Wildman–Crippen MR) is 101 cm³/mol. The second kappa shape index (κ2) is 8.19. The fourth-order valence-corrected chi connectivity index (χ4v) is 2.95. The summed E-state index contributed by atoms with van der Waals surface area (Å²) in [6, 6.07) is 9.12. The molecule has 1 aromatic heterocycles. The number of tetrazole rings is 1. The summed E-state index contributed by atoms with van der Waals surface area (Å²) in [6.45, 7) is 1.63. The minimum atomic E-state index is -4.91. The van der Waals surface area contributed by atoms with Gasteiger partial charge in [-0.1, -0.05) is 13.0 Å². The summed E-state index contributed by atoms with van der Waals surface area (Å²) in [4.78, 5) is 13.0. The molecule has 3 aromatic rings. The zero-order valence-electron chi connectivity index (χ0n) is 15.5. The van der Waals surface area contributed by atoms with Gasteiger partial charge in [-0.15, -0.1) is 25.8 Å². The number of halogens is 3. The van der Waals surface area contributed by atoms with Crippen LogP contribution in [-0.4, -0.2) is 26.2 Å². The maximum Gasteiger partial charge on any atom is 0.573 e. The molecule has 0 aliphatic rings. The molecule has 0 bridgehead atoms. The first kappa shape index (κ1) is 20.8. The Hall–Kier alpha value is -2.95. The van der Waals surface area contributed by atoms with Crippen molar-refractivity contribution in [2.75, 3.05) is 0 Å². The van der Waals surface area contributed by atoms with E-state index in [4.69, 9.17) is 4.74 Å². The van der Waals surface area contributed by atoms with Gasteiger partial charge in [0.15, 0.2) is 0 Å². The molecule has 2 aromatic carbocycles. The number of hydrogen-bond donors (Lipinski definition) is 1. The number of rotatable bonds is 6. The summed E-state index contributed by atoms with van der Waals surface area (Å²) in [5, 5.41) is 7.30. The molecule has 0 saturated carbocycles. The van der Waals surface area contributed by atoms with Gasteiger partial charge in [0.25, 0.3) is 0 Å². The van der Waals surface area contributed by atoms with Gasteiger partial charge < -0.3 is 9.47 Å². The first-order valence-electron chi connectivity index (χ1n) is 8.51. The molecule has 0 atom stereocenters. The molecule has 0 radical (unpaired) electrons. The van der Waals surface area contributed by atoms with Gasteiger partial charge in [0.2, 0.25) is 0 Å². The predicted octanol–water partition coefficient (Wildman–Crippen LogP) is 3.29. The molecule has 0 saturated heterocycles. The lowest BCUT2D eigenvalue weighted by atomic mass is 10.1. The summed E-state index contributed by atoms with van der Waals surface area (Å²) < 4.78 is 50.5. The Labute approximate surface area is 169 Å². The van der Waals surface area contributed by atoms with E-state index in [0.717, 1.165) is 25.9 Å². The van der Waals surface area contributed by atoms with E-state index in [1.807, 2.05) is 13.0 Å². The van der Waals surface area contributed by atoms with Crippen LogP contribution in [0.25, 0.3) is 5.69 Å². The number of hydrogen-bond acceptors (Lipinski definition) is 6. The van der Waals surface area contributed by atoms with Gasteiger partial charge in [-0.05, 0) is 52.7 Å². The van der Waals surface area contributed by atoms with Crippen LogP contribution in [0.1, 0.15) is 18.1 Å². The van der Waals surface area contributed by atoms with E-state index in [1.165, 1.54) is 19.2 Å². The van der Waals surface area contributed by atoms with Gasteiger partial charge in [0, 0.05) is 11.9 Å². The van der Waals surface area contributed by atoms with Gasteiger partial charge >= 0.3 is 12.1 Å². The van der Waals surface area contributed by atoms with E-state index in [-0.39, 0.29) is 17.9 Å². The number of alkyl halides is 3. The molecule has 0 spiro atoms. The van der Waals surface area contributed by atoms with Crippen molar-refractivity contribution in [3.8, 4) is 17.2 Å². The molecule has 154 valence electrons. The van der Waals surface area contributed by atoms with Crippen LogP contribution in [-0.2, 0) is 20.1 Å². The first-order chi connectivity index (χ1) is 13.7. The Balaban J connectivity index is 2.05. The topological polar surface area (TPSA) is 71.2 Å². The molecule has 7 nitrogen and oxygen atoms in total. The molecule has 0 fully saturated rings. The fraction of sp³-hybridized carbons (Fsp3) is 0.278. The maximum atomic E-state index is 12.9. The smallest absolute Gasteiger partial charge is 0.488 e. The highest BCUT2D eigenvalue weighted by Crippen LogP contribution is 2.32. The number of nitrogens with zero attached hydrogens (tertiary/aromatic N) is 4. The second-order valence-electron chi connectivity index (χ2n) is 6.03. The molecular formula is C18H17F3N4O3S. The number of ether oxygens (including phenoxy) is 2. The normalized spacial score (nSPS) is 11.5. The highest BCUT2D eigenvalue weighted by molar-refractivity contribution is 7.80. The van der Waals surface area contributed by atoms with Crippen molar-refractivity contribution >= 4 is 12.6 Å². The average Bonchev–Trinajstić information content (AvgIpc) is 2.98. The lowest BCUT2D eigenvalue weighted by Crippen LogP contribution is -2.24. The second-order valence-corrected chi connectivity index (χ2v) is 6.55. The van der Waals surface area contributed by atoms with E-state index in [2.05, 4.69) is 27.8 Å². The SMILES string of the molecule is CCc1cc(S)ccc1OCc1c(OC(F)(F)F)cccc1-n1nnn(C)c1=O. The van der Waals surface area contributed by atoms with E-state index < -0.39 is 17.8 Å². The van der Waals surface area contributed by atoms with E-state index >= 15 is 0 Å². The van der Waals surface area contributed by atoms with Crippen molar-refractivity contribution in [2.45, 2.75) is 31.2 Å². The molecule has 0 N–H and O–H groups in total. The summed E-state index contributed by atoms with van der Waals surface area (Å²) >= 11 is 4.28. The Morgan fingerprint density at radius 2 is 1.90 bits per heavy atom. The molecule has 11 heteroatoms. The van der Waals surface area contributed by atoms with Gasteiger partial charge in [-0.3, -0.25) is 0 Å². The first-order valence-corrected chi connectivity index (χ1v) is 8.96. The van der Waals surface area contributed by atoms with Crippen molar-refractivity contribution in [2.24, 2.45) is 7.05 Å². The van der Waals surface area contributed by atoms with Crippen LogP contribution in [0.4, 0.5) is 13.2 Å². The Morgan fingerprint density at radius 1 is 1.14 bits per heavy atom. The van der Waals surface area contributed by atoms with Crippen LogP contribution in [0, 0.1) is 0 Å². The highest BCUT2D eigenvalue weighted by Gasteiger charge is 2.33. The van der Waals surface area contributed by atoms with Crippen LogP contribution < -0.4 is 15.2 Å². The number of benzene rings is 2. The molecule has 0 unspecified atom stereocenters. The van der Waals surface area contributed by atoms with Gasteiger partial charge in [0.05, 0.1) is 11.3 Å². The zero-order valence-corrected chi connectivity index (χ0v) is 16.4. The fourth-order valence-electron chi connectivity index (χ4n) is 2.72. The minimum absolute atomic E-state index is 0.00410. The summed E-state index contributed by atoms with van der Waals surface area (Å²) in [5.74, 6) is 0.000899. The molecule has 1 heterocycles. The van der Waals surface area contributed by atoms with Crippen molar-refractivity contribution in [3.63, 3.8) is 0 Å². The van der Waals surface area contributed by atoms with Crippen molar-refractivity contribution in [1.82, 2.24) is 19.8 Å². The highest BCUT2D eigenvalue weighted by atomic mass is 32.1. The zero-order chi connectivity index (χ0) is 21.2. The molecular weight excluding hydrogens is 409 g/mol. The number of aryl methyl sites for hydroxylation is 2. The monoisotopic (exact) mass is 426 g/mol. The van der Waals surface area contributed by atoms with E-state index in [9.17, 15) is 18.0 Å².